The largest absolute Gasteiger partial charge is 0.326 e. The lowest BCUT2D eigenvalue weighted by atomic mass is 10.1. The number of nitrogens with one attached hydrogen (secondary N) is 3. The van der Waals surface area contributed by atoms with E-state index in [2.05, 4.69) is 32.0 Å². The van der Waals surface area contributed by atoms with Crippen molar-refractivity contribution >= 4 is 34.8 Å². The molecule has 3 N–H and O–H groups in total. The Morgan fingerprint density at radius 3 is 2.04 bits per heavy atom. The molecule has 142 valence electrons. The first-order chi connectivity index (χ1) is 13.4. The van der Waals surface area contributed by atoms with Gasteiger partial charge in [0.25, 0.3) is 5.91 Å². The smallest absolute Gasteiger partial charge is 0.258 e. The molecule has 3 rings (SSSR count). The van der Waals surface area contributed by atoms with Crippen molar-refractivity contribution in [2.45, 2.75) is 20.8 Å². The van der Waals surface area contributed by atoms with E-state index in [1.165, 1.54) is 19.3 Å². The van der Waals surface area contributed by atoms with Gasteiger partial charge in [-0.15, -0.1) is 0 Å². The van der Waals surface area contributed by atoms with Crippen LogP contribution in [0.1, 0.15) is 28.4 Å². The van der Waals surface area contributed by atoms with E-state index in [9.17, 15) is 9.59 Å². The third kappa shape index (κ3) is 5.14. The maximum atomic E-state index is 12.4. The summed E-state index contributed by atoms with van der Waals surface area (Å²) in [5.41, 5.74) is 4.67. The van der Waals surface area contributed by atoms with Gasteiger partial charge in [0.15, 0.2) is 0 Å². The topological polar surface area (TPSA) is 96.0 Å². The number of aromatic nitrogens is 2. The van der Waals surface area contributed by atoms with Gasteiger partial charge < -0.3 is 16.0 Å². The summed E-state index contributed by atoms with van der Waals surface area (Å²) < 4.78 is 0. The predicted octanol–water partition coefficient (Wildman–Crippen LogP) is 4.05. The average molecular weight is 375 g/mol. The number of carbonyl (C=O) groups excluding carboxylic acids is 2. The summed E-state index contributed by atoms with van der Waals surface area (Å²) in [6.07, 6.45) is 2.93. The highest BCUT2D eigenvalue weighted by Gasteiger charge is 2.09. The first kappa shape index (κ1) is 19.0. The fourth-order valence-electron chi connectivity index (χ4n) is 2.77. The van der Waals surface area contributed by atoms with Crippen LogP contribution in [0.15, 0.2) is 54.9 Å². The van der Waals surface area contributed by atoms with Crippen molar-refractivity contribution in [3.63, 3.8) is 0 Å². The molecule has 0 radical (unpaired) electrons. The number of hydrogen-bond acceptors (Lipinski definition) is 5. The van der Waals surface area contributed by atoms with Gasteiger partial charge in [0, 0.05) is 36.4 Å². The monoisotopic (exact) mass is 375 g/mol. The second-order valence-electron chi connectivity index (χ2n) is 6.51. The predicted molar refractivity (Wildman–Crippen MR) is 110 cm³/mol. The lowest BCUT2D eigenvalue weighted by Crippen LogP contribution is -2.13. The summed E-state index contributed by atoms with van der Waals surface area (Å²) in [6, 6.07) is 13.0. The van der Waals surface area contributed by atoms with Gasteiger partial charge in [-0.25, -0.2) is 9.97 Å². The second kappa shape index (κ2) is 8.30. The van der Waals surface area contributed by atoms with Crippen molar-refractivity contribution in [1.29, 1.82) is 0 Å². The highest BCUT2D eigenvalue weighted by molar-refractivity contribution is 6.04. The molecule has 0 fully saturated rings. The molecule has 2 amide bonds. The zero-order valence-electron chi connectivity index (χ0n) is 15.9. The van der Waals surface area contributed by atoms with Gasteiger partial charge in [0.05, 0.1) is 5.56 Å². The third-order valence-electron chi connectivity index (χ3n) is 3.83. The van der Waals surface area contributed by atoms with Gasteiger partial charge >= 0.3 is 0 Å². The number of hydrogen-bond donors (Lipinski definition) is 3. The number of nitrogens with zero attached hydrogens (tertiary/aromatic N) is 2. The average Bonchev–Trinajstić information content (AvgIpc) is 2.61. The van der Waals surface area contributed by atoms with Crippen molar-refractivity contribution in [1.82, 2.24) is 9.97 Å². The van der Waals surface area contributed by atoms with Crippen LogP contribution in [0.4, 0.5) is 23.0 Å². The van der Waals surface area contributed by atoms with E-state index in [0.717, 1.165) is 16.8 Å². The Balaban J connectivity index is 1.67. The van der Waals surface area contributed by atoms with E-state index >= 15 is 0 Å². The van der Waals surface area contributed by atoms with Crippen LogP contribution in [0.5, 0.6) is 0 Å². The van der Waals surface area contributed by atoms with E-state index in [-0.39, 0.29) is 11.8 Å². The summed E-state index contributed by atoms with van der Waals surface area (Å²) in [7, 11) is 0. The SMILES string of the molecule is CC(=O)Nc1cccc(NC(=O)c2cnc(Nc3cc(C)cc(C)c3)nc2)c1. The van der Waals surface area contributed by atoms with Crippen LogP contribution in [0, 0.1) is 13.8 Å². The zero-order valence-corrected chi connectivity index (χ0v) is 15.9. The third-order valence-corrected chi connectivity index (χ3v) is 3.83. The molecule has 0 aliphatic rings. The number of benzene rings is 2. The van der Waals surface area contributed by atoms with E-state index in [1.54, 1.807) is 24.3 Å². The van der Waals surface area contributed by atoms with Gasteiger partial charge in [0.1, 0.15) is 0 Å². The molecule has 0 spiro atoms. The number of carbonyl (C=O) groups is 2. The molecule has 0 unspecified atom stereocenters. The van der Waals surface area contributed by atoms with Crippen molar-refractivity contribution < 1.29 is 9.59 Å². The Hall–Kier alpha value is -3.74. The Bertz CT molecular complexity index is 995. The van der Waals surface area contributed by atoms with Crippen LogP contribution in [-0.4, -0.2) is 21.8 Å². The summed E-state index contributed by atoms with van der Waals surface area (Å²) in [5, 5.41) is 8.57. The van der Waals surface area contributed by atoms with E-state index in [0.29, 0.717) is 22.9 Å². The molecule has 7 heteroatoms. The van der Waals surface area contributed by atoms with Gasteiger partial charge in [-0.2, -0.15) is 0 Å². The first-order valence-electron chi connectivity index (χ1n) is 8.75. The molecule has 0 atom stereocenters. The Morgan fingerprint density at radius 1 is 0.821 bits per heavy atom. The number of aryl methyl sites for hydroxylation is 2. The van der Waals surface area contributed by atoms with Crippen LogP contribution in [0.2, 0.25) is 0 Å². The van der Waals surface area contributed by atoms with Crippen LogP contribution >= 0.6 is 0 Å². The van der Waals surface area contributed by atoms with Crippen molar-refractivity contribution in [2.24, 2.45) is 0 Å². The van der Waals surface area contributed by atoms with Crippen LogP contribution in [0.25, 0.3) is 0 Å². The molecular formula is C21H21N5O2. The lowest BCUT2D eigenvalue weighted by Gasteiger charge is -2.09. The summed E-state index contributed by atoms with van der Waals surface area (Å²) in [5.74, 6) is -0.101. The molecule has 0 saturated carbocycles. The minimum absolute atomic E-state index is 0.177. The molecule has 0 aliphatic heterocycles. The van der Waals surface area contributed by atoms with Crippen LogP contribution in [-0.2, 0) is 4.79 Å². The van der Waals surface area contributed by atoms with Crippen LogP contribution in [0.3, 0.4) is 0 Å². The normalized spacial score (nSPS) is 10.2. The molecule has 1 aromatic heterocycles. The molecule has 3 aromatic rings. The number of anilines is 4. The molecule has 1 heterocycles. The molecule has 0 aliphatic carbocycles. The highest BCUT2D eigenvalue weighted by Crippen LogP contribution is 2.18. The zero-order chi connectivity index (χ0) is 20.1. The Morgan fingerprint density at radius 2 is 1.43 bits per heavy atom. The first-order valence-corrected chi connectivity index (χ1v) is 8.75. The van der Waals surface area contributed by atoms with E-state index in [1.807, 2.05) is 26.0 Å². The molecule has 0 saturated heterocycles. The van der Waals surface area contributed by atoms with Crippen LogP contribution < -0.4 is 16.0 Å². The number of amides is 2. The van der Waals surface area contributed by atoms with E-state index in [4.69, 9.17) is 0 Å². The van der Waals surface area contributed by atoms with Gasteiger partial charge in [-0.3, -0.25) is 9.59 Å². The van der Waals surface area contributed by atoms with Crippen molar-refractivity contribution in [3.05, 3.63) is 71.5 Å². The minimum Gasteiger partial charge on any atom is -0.326 e. The summed E-state index contributed by atoms with van der Waals surface area (Å²) >= 11 is 0. The molecule has 0 bridgehead atoms. The Kier molecular flexibility index (Phi) is 5.64. The standard InChI is InChI=1S/C21H21N5O2/c1-13-7-14(2)9-19(8-13)26-21-22-11-16(12-23-21)20(28)25-18-6-4-5-17(10-18)24-15(3)27/h4-12H,1-3H3,(H,24,27)(H,25,28)(H,22,23,26). The van der Waals surface area contributed by atoms with E-state index < -0.39 is 0 Å². The van der Waals surface area contributed by atoms with Gasteiger partial charge in [-0.1, -0.05) is 12.1 Å². The molecular weight excluding hydrogens is 354 g/mol. The maximum absolute atomic E-state index is 12.4. The number of rotatable bonds is 5. The molecule has 7 nitrogen and oxygen atoms in total. The fraction of sp³-hybridized carbons (Fsp3) is 0.143. The molecule has 28 heavy (non-hydrogen) atoms. The fourth-order valence-corrected chi connectivity index (χ4v) is 2.77. The van der Waals surface area contributed by atoms with Crippen molar-refractivity contribution in [2.75, 3.05) is 16.0 Å². The van der Waals surface area contributed by atoms with Crippen molar-refractivity contribution in [3.8, 4) is 0 Å². The maximum Gasteiger partial charge on any atom is 0.258 e. The van der Waals surface area contributed by atoms with Gasteiger partial charge in [0.2, 0.25) is 11.9 Å². The molecule has 2 aromatic carbocycles. The Labute approximate surface area is 163 Å². The second-order valence-corrected chi connectivity index (χ2v) is 6.51. The highest BCUT2D eigenvalue weighted by atomic mass is 16.2. The summed E-state index contributed by atoms with van der Waals surface area (Å²) in [4.78, 5) is 32.0. The quantitative estimate of drug-likeness (QED) is 0.625. The lowest BCUT2D eigenvalue weighted by molar-refractivity contribution is -0.114. The van der Waals surface area contributed by atoms with Gasteiger partial charge in [-0.05, 0) is 55.3 Å². The summed E-state index contributed by atoms with van der Waals surface area (Å²) in [6.45, 7) is 5.47. The minimum atomic E-state index is -0.335.